The van der Waals surface area contributed by atoms with E-state index in [4.69, 9.17) is 9.47 Å². The Labute approximate surface area is 173 Å². The second kappa shape index (κ2) is 8.18. The molecule has 1 heterocycles. The molecule has 8 heteroatoms. The van der Waals surface area contributed by atoms with Crippen LogP contribution in [0.15, 0.2) is 42.5 Å². The molecule has 1 aliphatic rings. The smallest absolute Gasteiger partial charge is 0.416 e. The summed E-state index contributed by atoms with van der Waals surface area (Å²) < 4.78 is 49.3. The van der Waals surface area contributed by atoms with Gasteiger partial charge in [0.25, 0.3) is 5.91 Å². The fourth-order valence-electron chi connectivity index (χ4n) is 3.12. The van der Waals surface area contributed by atoms with Crippen molar-refractivity contribution in [3.05, 3.63) is 53.6 Å². The predicted molar refractivity (Wildman–Crippen MR) is 106 cm³/mol. The van der Waals surface area contributed by atoms with E-state index in [-0.39, 0.29) is 18.3 Å². The van der Waals surface area contributed by atoms with Gasteiger partial charge in [-0.3, -0.25) is 4.79 Å². The molecule has 1 saturated heterocycles. The number of ether oxygens (including phenoxy) is 2. The van der Waals surface area contributed by atoms with Crippen LogP contribution in [0.5, 0.6) is 11.5 Å². The minimum atomic E-state index is -4.42. The van der Waals surface area contributed by atoms with Crippen LogP contribution >= 0.6 is 0 Å². The number of aliphatic hydroxyl groups is 1. The molecule has 0 aliphatic carbocycles. The zero-order chi connectivity index (χ0) is 22.1. The van der Waals surface area contributed by atoms with Crippen molar-refractivity contribution in [2.75, 3.05) is 18.1 Å². The number of halogens is 3. The van der Waals surface area contributed by atoms with Crippen molar-refractivity contribution in [2.45, 2.75) is 45.1 Å². The van der Waals surface area contributed by atoms with Crippen molar-refractivity contribution in [1.82, 2.24) is 0 Å². The first-order chi connectivity index (χ1) is 13.9. The lowest BCUT2D eigenvalue weighted by atomic mass is 10.1. The van der Waals surface area contributed by atoms with Crippen molar-refractivity contribution in [3.63, 3.8) is 0 Å². The number of alkyl halides is 3. The van der Waals surface area contributed by atoms with Crippen LogP contribution in [0.25, 0.3) is 0 Å². The third kappa shape index (κ3) is 5.24. The van der Waals surface area contributed by atoms with E-state index in [1.165, 1.54) is 12.1 Å². The van der Waals surface area contributed by atoms with Crippen LogP contribution in [0.4, 0.5) is 18.9 Å². The molecule has 0 radical (unpaired) electrons. The monoisotopic (exact) mass is 423 g/mol. The summed E-state index contributed by atoms with van der Waals surface area (Å²) in [6, 6.07) is 9.62. The second-order valence-corrected chi connectivity index (χ2v) is 7.96. The van der Waals surface area contributed by atoms with Crippen molar-refractivity contribution in [1.29, 1.82) is 0 Å². The van der Waals surface area contributed by atoms with Crippen LogP contribution in [-0.2, 0) is 11.0 Å². The van der Waals surface area contributed by atoms with Gasteiger partial charge in [-0.15, -0.1) is 0 Å². The first-order valence-corrected chi connectivity index (χ1v) is 9.55. The van der Waals surface area contributed by atoms with E-state index in [1.807, 2.05) is 13.0 Å². The molecule has 1 aliphatic heterocycles. The summed E-state index contributed by atoms with van der Waals surface area (Å²) in [7, 11) is 0. The minimum Gasteiger partial charge on any atom is -0.490 e. The maximum Gasteiger partial charge on any atom is 0.416 e. The predicted octanol–water partition coefficient (Wildman–Crippen LogP) is 4.35. The molecule has 2 aromatic rings. The first kappa shape index (κ1) is 22.0. The maximum atomic E-state index is 12.7. The number of carbonyl (C=O) groups is 1. The number of rotatable bonds is 6. The van der Waals surface area contributed by atoms with Gasteiger partial charge >= 0.3 is 6.18 Å². The van der Waals surface area contributed by atoms with E-state index in [0.29, 0.717) is 24.4 Å². The highest BCUT2D eigenvalue weighted by atomic mass is 19.4. The van der Waals surface area contributed by atoms with E-state index in [9.17, 15) is 23.1 Å². The quantitative estimate of drug-likeness (QED) is 0.751. The summed E-state index contributed by atoms with van der Waals surface area (Å²) in [6.45, 7) is 5.72. The highest BCUT2D eigenvalue weighted by Crippen LogP contribution is 2.32. The Balaban J connectivity index is 1.65. The number of aryl methyl sites for hydroxylation is 1. The molecule has 0 bridgehead atoms. The highest BCUT2D eigenvalue weighted by molar-refractivity contribution is 5.99. The Hall–Kier alpha value is -2.74. The standard InChI is InChI=1S/C22H24F3NO4/c1-14-12-16(6-9-18(14)29-13-21(2,3)28)26-11-10-19(20(26)27)30-17-7-4-15(5-8-17)22(23,24)25/h4-9,12,19,28H,10-11,13H2,1-3H3. The van der Waals surface area contributed by atoms with Gasteiger partial charge in [-0.05, 0) is 68.8 Å². The van der Waals surface area contributed by atoms with Gasteiger partial charge in [-0.1, -0.05) is 0 Å². The van der Waals surface area contributed by atoms with E-state index >= 15 is 0 Å². The number of hydrogen-bond acceptors (Lipinski definition) is 4. The van der Waals surface area contributed by atoms with Gasteiger partial charge in [0, 0.05) is 18.7 Å². The number of nitrogens with zero attached hydrogens (tertiary/aromatic N) is 1. The average Bonchev–Trinajstić information content (AvgIpc) is 3.00. The molecular weight excluding hydrogens is 399 g/mol. The molecule has 2 aromatic carbocycles. The molecule has 1 atom stereocenters. The molecule has 1 fully saturated rings. The van der Waals surface area contributed by atoms with Gasteiger partial charge in [-0.2, -0.15) is 13.2 Å². The lowest BCUT2D eigenvalue weighted by molar-refractivity contribution is -0.137. The fraction of sp³-hybridized carbons (Fsp3) is 0.409. The molecule has 162 valence electrons. The van der Waals surface area contributed by atoms with Crippen molar-refractivity contribution < 1.29 is 32.5 Å². The second-order valence-electron chi connectivity index (χ2n) is 7.96. The third-order valence-corrected chi connectivity index (χ3v) is 4.67. The Kier molecular flexibility index (Phi) is 5.99. The Morgan fingerprint density at radius 3 is 2.37 bits per heavy atom. The zero-order valence-corrected chi connectivity index (χ0v) is 17.0. The third-order valence-electron chi connectivity index (χ3n) is 4.67. The summed E-state index contributed by atoms with van der Waals surface area (Å²) in [5, 5.41) is 9.79. The number of hydrogen-bond donors (Lipinski definition) is 1. The van der Waals surface area contributed by atoms with Gasteiger partial charge < -0.3 is 19.5 Å². The number of benzene rings is 2. The molecule has 1 amide bonds. The van der Waals surface area contributed by atoms with Crippen LogP contribution in [0, 0.1) is 6.92 Å². The van der Waals surface area contributed by atoms with Crippen LogP contribution in [0.3, 0.4) is 0 Å². The fourth-order valence-corrected chi connectivity index (χ4v) is 3.12. The van der Waals surface area contributed by atoms with E-state index in [2.05, 4.69) is 0 Å². The van der Waals surface area contributed by atoms with Gasteiger partial charge in [0.05, 0.1) is 11.2 Å². The van der Waals surface area contributed by atoms with Crippen LogP contribution in [0.1, 0.15) is 31.4 Å². The summed E-state index contributed by atoms with van der Waals surface area (Å²) in [5.41, 5.74) is -0.223. The Bertz CT molecular complexity index is 904. The van der Waals surface area contributed by atoms with Gasteiger partial charge in [0.1, 0.15) is 18.1 Å². The van der Waals surface area contributed by atoms with E-state index < -0.39 is 23.4 Å². The highest BCUT2D eigenvalue weighted by Gasteiger charge is 2.35. The molecule has 0 aromatic heterocycles. The lowest BCUT2D eigenvalue weighted by Gasteiger charge is -2.21. The normalized spacial score (nSPS) is 17.4. The molecule has 0 saturated carbocycles. The van der Waals surface area contributed by atoms with Crippen molar-refractivity contribution in [2.24, 2.45) is 0 Å². The van der Waals surface area contributed by atoms with Crippen molar-refractivity contribution >= 4 is 11.6 Å². The van der Waals surface area contributed by atoms with Gasteiger partial charge in [-0.25, -0.2) is 0 Å². The molecule has 30 heavy (non-hydrogen) atoms. The molecule has 1 N–H and O–H groups in total. The SMILES string of the molecule is Cc1cc(N2CCC(Oc3ccc(C(F)(F)F)cc3)C2=O)ccc1OCC(C)(C)O. The van der Waals surface area contributed by atoms with E-state index in [1.54, 1.807) is 30.9 Å². The largest absolute Gasteiger partial charge is 0.490 e. The summed E-state index contributed by atoms with van der Waals surface area (Å²) in [6.07, 6.45) is -4.75. The zero-order valence-electron chi connectivity index (χ0n) is 17.0. The molecule has 0 spiro atoms. The van der Waals surface area contributed by atoms with Crippen LogP contribution in [0.2, 0.25) is 0 Å². The average molecular weight is 423 g/mol. The van der Waals surface area contributed by atoms with Gasteiger partial charge in [0.15, 0.2) is 6.10 Å². The number of amides is 1. The summed E-state index contributed by atoms with van der Waals surface area (Å²) in [4.78, 5) is 14.3. The molecule has 1 unspecified atom stereocenters. The Morgan fingerprint density at radius 2 is 1.80 bits per heavy atom. The van der Waals surface area contributed by atoms with Crippen LogP contribution in [-0.4, -0.2) is 35.9 Å². The summed E-state index contributed by atoms with van der Waals surface area (Å²) >= 11 is 0. The number of carbonyl (C=O) groups excluding carboxylic acids is 1. The summed E-state index contributed by atoms with van der Waals surface area (Å²) in [5.74, 6) is 0.583. The Morgan fingerprint density at radius 1 is 1.13 bits per heavy atom. The lowest BCUT2D eigenvalue weighted by Crippen LogP contribution is -2.32. The van der Waals surface area contributed by atoms with E-state index in [0.717, 1.165) is 17.7 Å². The van der Waals surface area contributed by atoms with Crippen molar-refractivity contribution in [3.8, 4) is 11.5 Å². The molecular formula is C22H24F3NO4. The number of anilines is 1. The molecule has 5 nitrogen and oxygen atoms in total. The van der Waals surface area contributed by atoms with Crippen LogP contribution < -0.4 is 14.4 Å². The topological polar surface area (TPSA) is 59.0 Å². The maximum absolute atomic E-state index is 12.7. The minimum absolute atomic E-state index is 0.138. The molecule has 3 rings (SSSR count). The van der Waals surface area contributed by atoms with Gasteiger partial charge in [0.2, 0.25) is 0 Å². The first-order valence-electron chi connectivity index (χ1n) is 9.55.